The third kappa shape index (κ3) is 4.08. The maximum atomic E-state index is 5.17. The molecule has 0 aliphatic carbocycles. The third-order valence-corrected chi connectivity index (χ3v) is 8.64. The van der Waals surface area contributed by atoms with Crippen LogP contribution in [0.25, 0.3) is 71.2 Å². The summed E-state index contributed by atoms with van der Waals surface area (Å²) in [5.41, 5.74) is 9.00. The zero-order chi connectivity index (χ0) is 27.9. The van der Waals surface area contributed by atoms with E-state index in [0.29, 0.717) is 0 Å². The highest BCUT2D eigenvalue weighted by Crippen LogP contribution is 2.49. The van der Waals surface area contributed by atoms with E-state index in [-0.39, 0.29) is 0 Å². The molecule has 198 valence electrons. The van der Waals surface area contributed by atoms with Crippen molar-refractivity contribution in [3.63, 3.8) is 0 Å². The van der Waals surface area contributed by atoms with Gasteiger partial charge in [-0.2, -0.15) is 0 Å². The number of hydrogen-bond acceptors (Lipinski definition) is 5. The highest BCUT2D eigenvalue weighted by atomic mass is 32.1. The maximum Gasteiger partial charge on any atom is 0.0831 e. The minimum absolute atomic E-state index is 0.891. The van der Waals surface area contributed by atoms with E-state index in [0.717, 1.165) is 60.4 Å². The lowest BCUT2D eigenvalue weighted by atomic mass is 10.1. The van der Waals surface area contributed by atoms with Gasteiger partial charge in [0.25, 0.3) is 0 Å². The number of pyridine rings is 4. The standard InChI is InChI=1S/C36H23N5S/c1-2-12-26(13-3-1)41-32-19-5-4-14-27(32)33-34(41)36(31-18-7-16-29(40-31)25-11-9-21-38-23-25)42-35(33)30-17-6-15-28(39-30)24-10-8-20-37-22-24/h1-23H. The summed E-state index contributed by atoms with van der Waals surface area (Å²) in [4.78, 5) is 21.2. The van der Waals surface area contributed by atoms with Crippen LogP contribution >= 0.6 is 11.3 Å². The van der Waals surface area contributed by atoms with Crippen molar-refractivity contribution in [2.75, 3.05) is 0 Å². The molecule has 0 unspecified atom stereocenters. The normalized spacial score (nSPS) is 11.3. The molecule has 2 aromatic carbocycles. The Kier molecular flexibility index (Phi) is 5.90. The molecule has 8 aromatic rings. The van der Waals surface area contributed by atoms with Crippen LogP contribution in [0, 0.1) is 0 Å². The van der Waals surface area contributed by atoms with Crippen LogP contribution in [0.4, 0.5) is 0 Å². The van der Waals surface area contributed by atoms with Gasteiger partial charge in [-0.05, 0) is 66.7 Å². The summed E-state index contributed by atoms with van der Waals surface area (Å²) in [6.07, 6.45) is 7.29. The number of aromatic nitrogens is 5. The molecule has 0 aliphatic heterocycles. The maximum absolute atomic E-state index is 5.17. The number of hydrogen-bond donors (Lipinski definition) is 0. The number of para-hydroxylation sites is 2. The fraction of sp³-hybridized carbons (Fsp3) is 0. The molecule has 42 heavy (non-hydrogen) atoms. The van der Waals surface area contributed by atoms with Gasteiger partial charge in [0.15, 0.2) is 0 Å². The van der Waals surface area contributed by atoms with Crippen LogP contribution in [0.15, 0.2) is 140 Å². The molecular weight excluding hydrogens is 534 g/mol. The van der Waals surface area contributed by atoms with Crippen LogP contribution in [0.2, 0.25) is 0 Å². The Labute approximate surface area is 246 Å². The van der Waals surface area contributed by atoms with Gasteiger partial charge < -0.3 is 4.57 Å². The summed E-state index contributed by atoms with van der Waals surface area (Å²) in [7, 11) is 0. The predicted octanol–water partition coefficient (Wildman–Crippen LogP) is 9.09. The molecular formula is C36H23N5S. The number of nitrogens with zero attached hydrogens (tertiary/aromatic N) is 5. The molecule has 6 heterocycles. The van der Waals surface area contributed by atoms with Crippen molar-refractivity contribution in [3.05, 3.63) is 140 Å². The highest BCUT2D eigenvalue weighted by molar-refractivity contribution is 7.21. The number of thiophene rings is 1. The number of fused-ring (bicyclic) bond motifs is 3. The first-order valence-electron chi connectivity index (χ1n) is 13.7. The van der Waals surface area contributed by atoms with Gasteiger partial charge in [0.2, 0.25) is 0 Å². The van der Waals surface area contributed by atoms with E-state index in [1.165, 1.54) is 10.8 Å². The van der Waals surface area contributed by atoms with Crippen LogP contribution in [-0.2, 0) is 0 Å². The summed E-state index contributed by atoms with van der Waals surface area (Å²) in [5.74, 6) is 0. The lowest BCUT2D eigenvalue weighted by molar-refractivity contribution is 1.18. The molecule has 6 aromatic heterocycles. The van der Waals surface area contributed by atoms with Gasteiger partial charge in [-0.25, -0.2) is 9.97 Å². The SMILES string of the molecule is c1ccc(-n2c3ccccc3c3c(-c4cccc(-c5cccnc5)n4)sc(-c4cccc(-c5cccnc5)n4)c32)cc1. The van der Waals surface area contributed by atoms with Crippen molar-refractivity contribution in [1.29, 1.82) is 0 Å². The minimum Gasteiger partial charge on any atom is -0.308 e. The Morgan fingerprint density at radius 1 is 0.500 bits per heavy atom. The van der Waals surface area contributed by atoms with Crippen LogP contribution in [0.5, 0.6) is 0 Å². The second-order valence-electron chi connectivity index (χ2n) is 9.97. The quantitative estimate of drug-likeness (QED) is 0.212. The van der Waals surface area contributed by atoms with Gasteiger partial charge in [0.1, 0.15) is 0 Å². The summed E-state index contributed by atoms with van der Waals surface area (Å²) in [6, 6.07) is 39.6. The average molecular weight is 558 g/mol. The summed E-state index contributed by atoms with van der Waals surface area (Å²) < 4.78 is 2.36. The zero-order valence-electron chi connectivity index (χ0n) is 22.4. The van der Waals surface area contributed by atoms with Gasteiger partial charge in [0.05, 0.1) is 43.6 Å². The van der Waals surface area contributed by atoms with Crippen LogP contribution in [0.1, 0.15) is 0 Å². The van der Waals surface area contributed by atoms with Gasteiger partial charge in [-0.15, -0.1) is 11.3 Å². The van der Waals surface area contributed by atoms with Crippen LogP contribution in [-0.4, -0.2) is 24.5 Å². The van der Waals surface area contributed by atoms with E-state index in [2.05, 4.69) is 93.4 Å². The Morgan fingerprint density at radius 2 is 1.10 bits per heavy atom. The van der Waals surface area contributed by atoms with Gasteiger partial charge in [-0.3, -0.25) is 9.97 Å². The largest absolute Gasteiger partial charge is 0.308 e. The first-order valence-corrected chi connectivity index (χ1v) is 14.5. The summed E-state index contributed by atoms with van der Waals surface area (Å²) in [6.45, 7) is 0. The lowest BCUT2D eigenvalue weighted by Gasteiger charge is -2.09. The van der Waals surface area contributed by atoms with E-state index in [4.69, 9.17) is 9.97 Å². The average Bonchev–Trinajstić information content (AvgIpc) is 3.62. The second-order valence-corrected chi connectivity index (χ2v) is 11.0. The molecule has 0 radical (unpaired) electrons. The molecule has 0 atom stereocenters. The first kappa shape index (κ1) is 24.3. The molecule has 0 N–H and O–H groups in total. The van der Waals surface area contributed by atoms with Crippen molar-refractivity contribution in [3.8, 4) is 49.3 Å². The second kappa shape index (κ2) is 10.2. The van der Waals surface area contributed by atoms with E-state index in [9.17, 15) is 0 Å². The van der Waals surface area contributed by atoms with E-state index in [1.807, 2.05) is 48.8 Å². The van der Waals surface area contributed by atoms with E-state index in [1.54, 1.807) is 23.7 Å². The van der Waals surface area contributed by atoms with Crippen molar-refractivity contribution in [1.82, 2.24) is 24.5 Å². The molecule has 0 aliphatic rings. The van der Waals surface area contributed by atoms with E-state index < -0.39 is 0 Å². The Balaban J connectivity index is 1.45. The predicted molar refractivity (Wildman–Crippen MR) is 172 cm³/mol. The minimum atomic E-state index is 0.891. The van der Waals surface area contributed by atoms with Gasteiger partial charge in [-0.1, -0.05) is 48.5 Å². The molecule has 0 saturated heterocycles. The number of benzene rings is 2. The van der Waals surface area contributed by atoms with Gasteiger partial charge >= 0.3 is 0 Å². The fourth-order valence-corrected chi connectivity index (χ4v) is 6.80. The fourth-order valence-electron chi connectivity index (χ4n) is 5.56. The number of rotatable bonds is 5. The smallest absolute Gasteiger partial charge is 0.0831 e. The van der Waals surface area contributed by atoms with Crippen LogP contribution < -0.4 is 0 Å². The first-order chi connectivity index (χ1) is 20.8. The molecule has 0 amide bonds. The topological polar surface area (TPSA) is 56.5 Å². The van der Waals surface area contributed by atoms with Crippen LogP contribution in [0.3, 0.4) is 0 Å². The molecule has 5 nitrogen and oxygen atoms in total. The molecule has 0 fully saturated rings. The van der Waals surface area contributed by atoms with Crippen molar-refractivity contribution in [2.24, 2.45) is 0 Å². The summed E-state index contributed by atoms with van der Waals surface area (Å²) >= 11 is 1.74. The third-order valence-electron chi connectivity index (χ3n) is 7.41. The van der Waals surface area contributed by atoms with Crippen molar-refractivity contribution >= 4 is 33.1 Å². The van der Waals surface area contributed by atoms with E-state index >= 15 is 0 Å². The van der Waals surface area contributed by atoms with Gasteiger partial charge in [0, 0.05) is 52.4 Å². The Bertz CT molecular complexity index is 2190. The molecule has 0 saturated carbocycles. The Hall–Kier alpha value is -5.46. The molecule has 0 bridgehead atoms. The molecule has 0 spiro atoms. The monoisotopic (exact) mass is 557 g/mol. The molecule has 6 heteroatoms. The molecule has 8 rings (SSSR count). The summed E-state index contributed by atoms with van der Waals surface area (Å²) in [5, 5.41) is 2.37. The highest BCUT2D eigenvalue weighted by Gasteiger charge is 2.25. The van der Waals surface area contributed by atoms with Crippen molar-refractivity contribution < 1.29 is 0 Å². The zero-order valence-corrected chi connectivity index (χ0v) is 23.2. The lowest BCUT2D eigenvalue weighted by Crippen LogP contribution is -1.94. The van der Waals surface area contributed by atoms with Crippen molar-refractivity contribution in [2.45, 2.75) is 0 Å². The Morgan fingerprint density at radius 3 is 1.74 bits per heavy atom.